The molecule has 0 amide bonds. The van der Waals surface area contributed by atoms with Crippen LogP contribution in [0, 0.1) is 24.7 Å². The Morgan fingerprint density at radius 2 is 2.31 bits per heavy atom. The van der Waals surface area contributed by atoms with Crippen molar-refractivity contribution in [1.29, 1.82) is 0 Å². The van der Waals surface area contributed by atoms with E-state index in [1.165, 1.54) is 18.5 Å². The molecule has 3 unspecified atom stereocenters. The van der Waals surface area contributed by atoms with Crippen LogP contribution in [0.2, 0.25) is 0 Å². The Morgan fingerprint density at radius 1 is 1.44 bits per heavy atom. The highest BCUT2D eigenvalue weighted by atomic mass is 15.3. The number of rotatable bonds is 3. The van der Waals surface area contributed by atoms with Crippen LogP contribution in [0.5, 0.6) is 0 Å². The van der Waals surface area contributed by atoms with Crippen LogP contribution in [0.15, 0.2) is 18.2 Å². The zero-order valence-corrected chi connectivity index (χ0v) is 9.98. The first-order valence-corrected chi connectivity index (χ1v) is 6.15. The molecule has 3 heteroatoms. The van der Waals surface area contributed by atoms with Gasteiger partial charge in [-0.15, -0.1) is 0 Å². The van der Waals surface area contributed by atoms with Crippen molar-refractivity contribution < 1.29 is 0 Å². The Bertz CT molecular complexity index is 399. The lowest BCUT2D eigenvalue weighted by atomic mass is 9.94. The fraction of sp³-hybridized carbons (Fsp3) is 0.615. The summed E-state index contributed by atoms with van der Waals surface area (Å²) in [5, 5.41) is 7.89. The lowest BCUT2D eigenvalue weighted by Gasteiger charge is -2.18. The van der Waals surface area contributed by atoms with Gasteiger partial charge in [0.15, 0.2) is 0 Å². The van der Waals surface area contributed by atoms with Gasteiger partial charge >= 0.3 is 0 Å². The molecular formula is C13H19N3. The number of hydrogen-bond donors (Lipinski definition) is 1. The zero-order chi connectivity index (χ0) is 11.1. The number of anilines is 1. The Labute approximate surface area is 96.5 Å². The number of hydrogen-bond acceptors (Lipinski definition) is 2. The summed E-state index contributed by atoms with van der Waals surface area (Å²) in [7, 11) is 1.99. The van der Waals surface area contributed by atoms with Gasteiger partial charge in [-0.1, -0.05) is 12.2 Å². The van der Waals surface area contributed by atoms with E-state index < -0.39 is 0 Å². The second-order valence-electron chi connectivity index (χ2n) is 5.22. The minimum absolute atomic E-state index is 0.817. The molecule has 1 aromatic rings. The fourth-order valence-electron chi connectivity index (χ4n) is 3.01. The van der Waals surface area contributed by atoms with Gasteiger partial charge in [0, 0.05) is 25.4 Å². The van der Waals surface area contributed by atoms with E-state index in [9.17, 15) is 0 Å². The molecule has 0 aromatic carbocycles. The molecule has 1 heterocycles. The summed E-state index contributed by atoms with van der Waals surface area (Å²) in [5.41, 5.74) is 1.20. The first-order chi connectivity index (χ1) is 7.72. The van der Waals surface area contributed by atoms with Crippen molar-refractivity contribution in [1.82, 2.24) is 9.78 Å². The smallest absolute Gasteiger partial charge is 0.148 e. The van der Waals surface area contributed by atoms with E-state index in [1.54, 1.807) is 0 Å². The molecular weight excluding hydrogens is 198 g/mol. The largest absolute Gasteiger partial charge is 0.368 e. The molecule has 16 heavy (non-hydrogen) atoms. The van der Waals surface area contributed by atoms with E-state index >= 15 is 0 Å². The van der Waals surface area contributed by atoms with Crippen molar-refractivity contribution in [3.05, 3.63) is 23.9 Å². The van der Waals surface area contributed by atoms with Crippen molar-refractivity contribution in [3.8, 4) is 0 Å². The van der Waals surface area contributed by atoms with E-state index in [2.05, 4.69) is 35.6 Å². The molecule has 3 rings (SSSR count). The number of fused-ring (bicyclic) bond motifs is 2. The summed E-state index contributed by atoms with van der Waals surface area (Å²) < 4.78 is 1.92. The van der Waals surface area contributed by atoms with Crippen LogP contribution in [0.4, 0.5) is 5.82 Å². The number of aryl methyl sites for hydroxylation is 2. The maximum atomic E-state index is 4.42. The highest BCUT2D eigenvalue weighted by Crippen LogP contribution is 2.43. The average molecular weight is 217 g/mol. The van der Waals surface area contributed by atoms with Gasteiger partial charge in [0.25, 0.3) is 0 Å². The molecule has 1 aromatic heterocycles. The lowest BCUT2D eigenvalue weighted by Crippen LogP contribution is -2.18. The predicted octanol–water partition coefficient (Wildman–Crippen LogP) is 2.35. The van der Waals surface area contributed by atoms with Gasteiger partial charge in [0.1, 0.15) is 5.82 Å². The molecule has 0 saturated heterocycles. The number of nitrogens with one attached hydrogen (secondary N) is 1. The highest BCUT2D eigenvalue weighted by molar-refractivity contribution is 5.35. The van der Waals surface area contributed by atoms with Gasteiger partial charge < -0.3 is 5.32 Å². The molecule has 86 valence electrons. The summed E-state index contributed by atoms with van der Waals surface area (Å²) in [6.45, 7) is 3.15. The summed E-state index contributed by atoms with van der Waals surface area (Å²) in [4.78, 5) is 0. The minimum Gasteiger partial charge on any atom is -0.368 e. The number of nitrogens with zero attached hydrogens (tertiary/aromatic N) is 2. The van der Waals surface area contributed by atoms with Crippen LogP contribution >= 0.6 is 0 Å². The monoisotopic (exact) mass is 217 g/mol. The maximum absolute atomic E-state index is 4.42. The quantitative estimate of drug-likeness (QED) is 0.788. The van der Waals surface area contributed by atoms with E-state index in [4.69, 9.17) is 0 Å². The van der Waals surface area contributed by atoms with Crippen LogP contribution in [0.1, 0.15) is 18.5 Å². The number of aromatic nitrogens is 2. The summed E-state index contributed by atoms with van der Waals surface area (Å²) in [6.07, 6.45) is 7.55. The molecule has 2 aliphatic carbocycles. The lowest BCUT2D eigenvalue weighted by molar-refractivity contribution is 0.471. The van der Waals surface area contributed by atoms with Gasteiger partial charge in [-0.25, -0.2) is 0 Å². The second kappa shape index (κ2) is 3.65. The molecule has 3 nitrogen and oxygen atoms in total. The van der Waals surface area contributed by atoms with Crippen molar-refractivity contribution in [3.63, 3.8) is 0 Å². The predicted molar refractivity (Wildman–Crippen MR) is 65.3 cm³/mol. The molecule has 1 fully saturated rings. The Kier molecular flexibility index (Phi) is 2.27. The van der Waals surface area contributed by atoms with Gasteiger partial charge in [0.2, 0.25) is 0 Å². The SMILES string of the molecule is Cc1cc(NCC2CC3C=CC2C3)nn1C. The standard InChI is InChI=1S/C13H19N3/c1-9-5-13(15-16(9)2)14-8-12-7-10-3-4-11(12)6-10/h3-5,10-12H,6-8H2,1-2H3,(H,14,15). The fourth-order valence-corrected chi connectivity index (χ4v) is 3.01. The highest BCUT2D eigenvalue weighted by Gasteiger charge is 2.35. The van der Waals surface area contributed by atoms with E-state index in [0.717, 1.165) is 30.1 Å². The van der Waals surface area contributed by atoms with Gasteiger partial charge in [-0.2, -0.15) is 5.10 Å². The van der Waals surface area contributed by atoms with E-state index in [1.807, 2.05) is 11.7 Å². The summed E-state index contributed by atoms with van der Waals surface area (Å²) >= 11 is 0. The Morgan fingerprint density at radius 3 is 2.88 bits per heavy atom. The van der Waals surface area contributed by atoms with Crippen LogP contribution in [-0.2, 0) is 7.05 Å². The third-order valence-corrected chi connectivity index (χ3v) is 4.08. The third kappa shape index (κ3) is 1.64. The average Bonchev–Trinajstić information content (AvgIpc) is 2.92. The van der Waals surface area contributed by atoms with Crippen LogP contribution in [0.3, 0.4) is 0 Å². The molecule has 2 aliphatic rings. The number of allylic oxidation sites excluding steroid dienone is 2. The van der Waals surface area contributed by atoms with Crippen molar-refractivity contribution in [2.75, 3.05) is 11.9 Å². The first kappa shape index (κ1) is 9.94. The van der Waals surface area contributed by atoms with E-state index in [-0.39, 0.29) is 0 Å². The molecule has 0 spiro atoms. The van der Waals surface area contributed by atoms with Gasteiger partial charge in [0.05, 0.1) is 0 Å². The topological polar surface area (TPSA) is 29.9 Å². The van der Waals surface area contributed by atoms with Crippen LogP contribution in [0.25, 0.3) is 0 Å². The Balaban J connectivity index is 1.59. The zero-order valence-electron chi connectivity index (χ0n) is 9.98. The van der Waals surface area contributed by atoms with Gasteiger partial charge in [-0.3, -0.25) is 4.68 Å². The van der Waals surface area contributed by atoms with Crippen molar-refractivity contribution in [2.45, 2.75) is 19.8 Å². The first-order valence-electron chi connectivity index (χ1n) is 6.15. The van der Waals surface area contributed by atoms with E-state index in [0.29, 0.717) is 0 Å². The summed E-state index contributed by atoms with van der Waals surface area (Å²) in [6, 6.07) is 2.11. The molecule has 2 bridgehead atoms. The molecule has 0 aliphatic heterocycles. The van der Waals surface area contributed by atoms with Crippen molar-refractivity contribution >= 4 is 5.82 Å². The minimum atomic E-state index is 0.817. The van der Waals surface area contributed by atoms with Crippen LogP contribution < -0.4 is 5.32 Å². The molecule has 1 N–H and O–H groups in total. The normalized spacial score (nSPS) is 31.2. The molecule has 0 radical (unpaired) electrons. The third-order valence-electron chi connectivity index (χ3n) is 4.08. The molecule has 3 atom stereocenters. The maximum Gasteiger partial charge on any atom is 0.148 e. The summed E-state index contributed by atoms with van der Waals surface area (Å²) in [5.74, 6) is 3.52. The van der Waals surface area contributed by atoms with Crippen LogP contribution in [-0.4, -0.2) is 16.3 Å². The Hall–Kier alpha value is -1.25. The van der Waals surface area contributed by atoms with Gasteiger partial charge in [-0.05, 0) is 37.5 Å². The van der Waals surface area contributed by atoms with Crippen molar-refractivity contribution in [2.24, 2.45) is 24.8 Å². The second-order valence-corrected chi connectivity index (χ2v) is 5.22. The molecule has 1 saturated carbocycles.